The lowest BCUT2D eigenvalue weighted by Crippen LogP contribution is -2.00. The number of rotatable bonds is 5. The average molecular weight is 235 g/mol. The minimum atomic E-state index is 0.476. The Labute approximate surface area is 110 Å². The molecule has 1 radical (unpaired) electrons. The van der Waals surface area contributed by atoms with Gasteiger partial charge in [0.25, 0.3) is 0 Å². The molecule has 2 aromatic carbocycles. The van der Waals surface area contributed by atoms with Crippen molar-refractivity contribution in [3.05, 3.63) is 90.9 Å². The summed E-state index contributed by atoms with van der Waals surface area (Å²) in [7, 11) is 0. The summed E-state index contributed by atoms with van der Waals surface area (Å²) in [5.41, 5.74) is 2.78. The van der Waals surface area contributed by atoms with Gasteiger partial charge in [0.05, 0.1) is 0 Å². The van der Waals surface area contributed by atoms with E-state index < -0.39 is 0 Å². The first-order valence-electron chi connectivity index (χ1n) is 6.46. The molecule has 0 aliphatic heterocycles. The van der Waals surface area contributed by atoms with Crippen LogP contribution in [-0.2, 0) is 0 Å². The highest BCUT2D eigenvalue weighted by atomic mass is 14.2. The van der Waals surface area contributed by atoms with Gasteiger partial charge in [0.2, 0.25) is 0 Å². The second kappa shape index (κ2) is 6.80. The van der Waals surface area contributed by atoms with Crippen LogP contribution in [0.25, 0.3) is 0 Å². The van der Waals surface area contributed by atoms with Gasteiger partial charge in [0, 0.05) is 5.92 Å². The predicted octanol–water partition coefficient (Wildman–Crippen LogP) is 4.99. The predicted molar refractivity (Wildman–Crippen MR) is 78.5 cm³/mol. The van der Waals surface area contributed by atoms with Crippen molar-refractivity contribution >= 4 is 0 Å². The molecule has 2 aromatic rings. The topological polar surface area (TPSA) is 0 Å². The Morgan fingerprint density at radius 1 is 0.833 bits per heavy atom. The molecule has 0 saturated carbocycles. The maximum atomic E-state index is 3.75. The zero-order valence-corrected chi connectivity index (χ0v) is 10.6. The van der Waals surface area contributed by atoms with Gasteiger partial charge in [0.1, 0.15) is 0 Å². The lowest BCUT2D eigenvalue weighted by molar-refractivity contribution is 0.728. The maximum Gasteiger partial charge on any atom is 0.00922 e. The van der Waals surface area contributed by atoms with E-state index in [-0.39, 0.29) is 0 Å². The maximum absolute atomic E-state index is 3.75. The molecule has 0 N–H and O–H groups in total. The van der Waals surface area contributed by atoms with E-state index >= 15 is 0 Å². The molecule has 0 aliphatic carbocycles. The Balaban J connectivity index is 2.23. The molecule has 0 aromatic heterocycles. The van der Waals surface area contributed by atoms with Crippen LogP contribution in [0, 0.1) is 6.92 Å². The fraction of sp³-hybridized carbons (Fsp3) is 0.167. The first-order valence-corrected chi connectivity index (χ1v) is 6.46. The highest BCUT2D eigenvalue weighted by molar-refractivity contribution is 5.32. The average Bonchev–Trinajstić information content (AvgIpc) is 2.46. The Bertz CT molecular complexity index is 428. The molecule has 0 heterocycles. The molecule has 0 spiro atoms. The third kappa shape index (κ3) is 3.33. The van der Waals surface area contributed by atoms with E-state index in [4.69, 9.17) is 0 Å². The zero-order chi connectivity index (χ0) is 12.6. The van der Waals surface area contributed by atoms with E-state index in [0.29, 0.717) is 5.92 Å². The molecule has 0 fully saturated rings. The van der Waals surface area contributed by atoms with Crippen molar-refractivity contribution in [2.75, 3.05) is 0 Å². The Morgan fingerprint density at radius 2 is 1.33 bits per heavy atom. The quantitative estimate of drug-likeness (QED) is 0.685. The van der Waals surface area contributed by atoms with Crippen LogP contribution in [0.3, 0.4) is 0 Å². The highest BCUT2D eigenvalue weighted by Crippen LogP contribution is 2.28. The van der Waals surface area contributed by atoms with Crippen molar-refractivity contribution in [1.29, 1.82) is 0 Å². The number of benzene rings is 2. The molecule has 0 aliphatic rings. The SMILES string of the molecule is [CH2]/C=C/CCC(c1ccccc1)c1ccccc1. The number of allylic oxidation sites excluding steroid dienone is 2. The summed E-state index contributed by atoms with van der Waals surface area (Å²) in [6.07, 6.45) is 6.21. The van der Waals surface area contributed by atoms with E-state index in [1.807, 2.05) is 6.08 Å². The summed E-state index contributed by atoms with van der Waals surface area (Å²) in [5, 5.41) is 0. The van der Waals surface area contributed by atoms with Gasteiger partial charge in [0.15, 0.2) is 0 Å². The van der Waals surface area contributed by atoms with Gasteiger partial charge in [-0.25, -0.2) is 0 Å². The summed E-state index contributed by atoms with van der Waals surface area (Å²) in [6.45, 7) is 3.75. The molecule has 0 saturated heterocycles. The van der Waals surface area contributed by atoms with Crippen molar-refractivity contribution in [3.63, 3.8) is 0 Å². The lowest BCUT2D eigenvalue weighted by atomic mass is 9.87. The van der Waals surface area contributed by atoms with Gasteiger partial charge in [-0.1, -0.05) is 72.8 Å². The van der Waals surface area contributed by atoms with Gasteiger partial charge in [-0.3, -0.25) is 0 Å². The first kappa shape index (κ1) is 12.6. The van der Waals surface area contributed by atoms with Gasteiger partial charge in [-0.15, -0.1) is 0 Å². The summed E-state index contributed by atoms with van der Waals surface area (Å²) in [6, 6.07) is 21.5. The van der Waals surface area contributed by atoms with Gasteiger partial charge in [-0.2, -0.15) is 0 Å². The van der Waals surface area contributed by atoms with Crippen LogP contribution in [0.1, 0.15) is 29.9 Å². The fourth-order valence-corrected chi connectivity index (χ4v) is 2.28. The van der Waals surface area contributed by atoms with Crippen molar-refractivity contribution in [2.45, 2.75) is 18.8 Å². The van der Waals surface area contributed by atoms with E-state index in [2.05, 4.69) is 73.7 Å². The minimum Gasteiger partial charge on any atom is -0.0885 e. The molecule has 0 unspecified atom stereocenters. The number of hydrogen-bond donors (Lipinski definition) is 0. The smallest absolute Gasteiger partial charge is 0.00922 e. The van der Waals surface area contributed by atoms with E-state index in [9.17, 15) is 0 Å². The third-order valence-corrected chi connectivity index (χ3v) is 3.19. The minimum absolute atomic E-state index is 0.476. The van der Waals surface area contributed by atoms with Crippen LogP contribution < -0.4 is 0 Å². The van der Waals surface area contributed by atoms with Gasteiger partial charge in [-0.05, 0) is 30.9 Å². The second-order valence-corrected chi connectivity index (χ2v) is 4.42. The molecule has 91 valence electrons. The first-order chi connectivity index (χ1) is 8.92. The largest absolute Gasteiger partial charge is 0.0885 e. The van der Waals surface area contributed by atoms with Crippen molar-refractivity contribution < 1.29 is 0 Å². The summed E-state index contributed by atoms with van der Waals surface area (Å²) >= 11 is 0. The van der Waals surface area contributed by atoms with Gasteiger partial charge >= 0.3 is 0 Å². The van der Waals surface area contributed by atoms with Crippen LogP contribution >= 0.6 is 0 Å². The Morgan fingerprint density at radius 3 is 1.78 bits per heavy atom. The Hall–Kier alpha value is -1.82. The summed E-state index contributed by atoms with van der Waals surface area (Å²) in [4.78, 5) is 0. The van der Waals surface area contributed by atoms with Crippen LogP contribution in [0.15, 0.2) is 72.8 Å². The summed E-state index contributed by atoms with van der Waals surface area (Å²) < 4.78 is 0. The van der Waals surface area contributed by atoms with Gasteiger partial charge < -0.3 is 0 Å². The number of hydrogen-bond acceptors (Lipinski definition) is 0. The van der Waals surface area contributed by atoms with E-state index in [0.717, 1.165) is 12.8 Å². The monoisotopic (exact) mass is 235 g/mol. The standard InChI is InChI=1S/C18H19/c1-2-3-6-15-18(16-11-7-4-8-12-16)17-13-9-5-10-14-17/h2-5,7-14,18H,1,6,15H2/b3-2+. The van der Waals surface area contributed by atoms with Crippen molar-refractivity contribution in [2.24, 2.45) is 0 Å². The Kier molecular flexibility index (Phi) is 4.78. The molecule has 18 heavy (non-hydrogen) atoms. The third-order valence-electron chi connectivity index (χ3n) is 3.19. The lowest BCUT2D eigenvalue weighted by Gasteiger charge is -2.17. The van der Waals surface area contributed by atoms with Crippen molar-refractivity contribution in [3.8, 4) is 0 Å². The summed E-state index contributed by atoms with van der Waals surface area (Å²) in [5.74, 6) is 0.476. The normalized spacial score (nSPS) is 11.2. The molecule has 0 amide bonds. The zero-order valence-electron chi connectivity index (χ0n) is 10.6. The second-order valence-electron chi connectivity index (χ2n) is 4.42. The highest BCUT2D eigenvalue weighted by Gasteiger charge is 2.12. The molecular formula is C18H19. The van der Waals surface area contributed by atoms with Crippen LogP contribution in [0.4, 0.5) is 0 Å². The molecule has 2 rings (SSSR count). The molecule has 0 bridgehead atoms. The van der Waals surface area contributed by atoms with Crippen LogP contribution in [0.5, 0.6) is 0 Å². The molecular weight excluding hydrogens is 216 g/mol. The fourth-order valence-electron chi connectivity index (χ4n) is 2.28. The van der Waals surface area contributed by atoms with E-state index in [1.165, 1.54) is 11.1 Å². The van der Waals surface area contributed by atoms with E-state index in [1.54, 1.807) is 0 Å². The van der Waals surface area contributed by atoms with Crippen LogP contribution in [0.2, 0.25) is 0 Å². The molecule has 0 atom stereocenters. The van der Waals surface area contributed by atoms with Crippen molar-refractivity contribution in [1.82, 2.24) is 0 Å². The molecule has 0 nitrogen and oxygen atoms in total. The molecule has 0 heteroatoms. The van der Waals surface area contributed by atoms with Crippen LogP contribution in [-0.4, -0.2) is 0 Å².